The van der Waals surface area contributed by atoms with Crippen LogP contribution >= 0.6 is 11.3 Å². The molecule has 1 N–H and O–H groups in total. The highest BCUT2D eigenvalue weighted by atomic mass is 32.2. The van der Waals surface area contributed by atoms with E-state index in [4.69, 9.17) is 4.74 Å². The average Bonchev–Trinajstić information content (AvgIpc) is 3.31. The zero-order valence-corrected chi connectivity index (χ0v) is 24.4. The second kappa shape index (κ2) is 11.6. The fourth-order valence-electron chi connectivity index (χ4n) is 4.61. The molecular formula is C31H29N3O5S2. The first-order chi connectivity index (χ1) is 19.7. The summed E-state index contributed by atoms with van der Waals surface area (Å²) in [4.78, 5) is 26.1. The van der Waals surface area contributed by atoms with E-state index in [1.807, 2.05) is 50.2 Å². The highest BCUT2D eigenvalue weighted by Gasteiger charge is 2.29. The van der Waals surface area contributed by atoms with Gasteiger partial charge in [0.05, 0.1) is 40.0 Å². The number of ether oxygens (including phenoxy) is 1. The molecule has 1 aromatic heterocycles. The summed E-state index contributed by atoms with van der Waals surface area (Å²) in [6.45, 7) is 3.91. The zero-order chi connectivity index (χ0) is 29.1. The minimum absolute atomic E-state index is 0.00631. The molecule has 0 bridgehead atoms. The van der Waals surface area contributed by atoms with Crippen LogP contribution in [-0.2, 0) is 16.6 Å². The number of methoxy groups -OCH3 is 1. The fraction of sp³-hybridized carbons (Fsp3) is 0.161. The number of fused-ring (bicyclic) bond motifs is 1. The Kier molecular flexibility index (Phi) is 7.96. The van der Waals surface area contributed by atoms with Gasteiger partial charge in [-0.3, -0.25) is 18.5 Å². The summed E-state index contributed by atoms with van der Waals surface area (Å²) < 4.78 is 37.0. The van der Waals surface area contributed by atoms with Crippen LogP contribution in [0.5, 0.6) is 5.75 Å². The smallest absolute Gasteiger partial charge is 0.308 e. The lowest BCUT2D eigenvalue weighted by atomic mass is 10.1. The Labute approximate surface area is 242 Å². The molecule has 0 spiro atoms. The number of amides is 1. The van der Waals surface area contributed by atoms with Crippen LogP contribution in [0.4, 0.5) is 11.4 Å². The molecule has 5 rings (SSSR count). The molecule has 4 aromatic carbocycles. The minimum atomic E-state index is -4.08. The van der Waals surface area contributed by atoms with Crippen molar-refractivity contribution in [3.63, 3.8) is 0 Å². The van der Waals surface area contributed by atoms with Gasteiger partial charge >= 0.3 is 4.87 Å². The van der Waals surface area contributed by atoms with Crippen LogP contribution in [0.3, 0.4) is 0 Å². The molecule has 0 saturated carbocycles. The SMILES string of the molecule is COc1ccc(S(=O)(=O)N(Cc2ccccc2)c2ccccc2C(=O)Nc2ccc3c(c2)sc(=O)n3C(C)C)cc1. The lowest BCUT2D eigenvalue weighted by Crippen LogP contribution is -2.32. The Morgan fingerprint density at radius 2 is 1.63 bits per heavy atom. The van der Waals surface area contributed by atoms with E-state index in [0.29, 0.717) is 11.4 Å². The number of thiazole rings is 1. The van der Waals surface area contributed by atoms with Gasteiger partial charge in [0.1, 0.15) is 5.75 Å². The second-order valence-electron chi connectivity index (χ2n) is 9.66. The zero-order valence-electron chi connectivity index (χ0n) is 22.8. The quantitative estimate of drug-likeness (QED) is 0.218. The Bertz CT molecular complexity index is 1860. The number of carbonyl (C=O) groups excluding carboxylic acids is 1. The maximum atomic E-state index is 14.0. The third-order valence-electron chi connectivity index (χ3n) is 6.62. The molecular weight excluding hydrogens is 558 g/mol. The van der Waals surface area contributed by atoms with Crippen molar-refractivity contribution < 1.29 is 17.9 Å². The van der Waals surface area contributed by atoms with Crippen LogP contribution in [0, 0.1) is 0 Å². The molecule has 0 atom stereocenters. The largest absolute Gasteiger partial charge is 0.497 e. The third kappa shape index (κ3) is 5.75. The molecule has 0 fully saturated rings. The number of benzene rings is 4. The van der Waals surface area contributed by atoms with Gasteiger partial charge < -0.3 is 10.1 Å². The van der Waals surface area contributed by atoms with Crippen LogP contribution in [0.25, 0.3) is 10.2 Å². The van der Waals surface area contributed by atoms with Gasteiger partial charge in [-0.2, -0.15) is 0 Å². The van der Waals surface area contributed by atoms with Crippen molar-refractivity contribution in [3.8, 4) is 5.75 Å². The summed E-state index contributed by atoms with van der Waals surface area (Å²) >= 11 is 1.12. The predicted octanol–water partition coefficient (Wildman–Crippen LogP) is 6.30. The van der Waals surface area contributed by atoms with Crippen molar-refractivity contribution in [1.29, 1.82) is 0 Å². The molecule has 1 heterocycles. The Morgan fingerprint density at radius 1 is 0.951 bits per heavy atom. The van der Waals surface area contributed by atoms with Crippen molar-refractivity contribution >= 4 is 48.9 Å². The van der Waals surface area contributed by atoms with E-state index in [1.54, 1.807) is 53.1 Å². The molecule has 0 unspecified atom stereocenters. The number of aromatic nitrogens is 1. The van der Waals surface area contributed by atoms with Gasteiger partial charge in [0.2, 0.25) is 0 Å². The molecule has 1 amide bonds. The van der Waals surface area contributed by atoms with Crippen LogP contribution in [0.1, 0.15) is 35.8 Å². The van der Waals surface area contributed by atoms with Crippen molar-refractivity contribution in [3.05, 3.63) is 118 Å². The summed E-state index contributed by atoms with van der Waals surface area (Å²) in [6, 6.07) is 27.3. The van der Waals surface area contributed by atoms with Crippen LogP contribution in [-0.4, -0.2) is 26.0 Å². The lowest BCUT2D eigenvalue weighted by molar-refractivity contribution is 0.102. The molecule has 210 valence electrons. The second-order valence-corrected chi connectivity index (χ2v) is 12.5. The molecule has 0 aliphatic rings. The van der Waals surface area contributed by atoms with E-state index in [9.17, 15) is 18.0 Å². The summed E-state index contributed by atoms with van der Waals surface area (Å²) in [7, 11) is -2.57. The number of nitrogens with one attached hydrogen (secondary N) is 1. The highest BCUT2D eigenvalue weighted by molar-refractivity contribution is 7.92. The van der Waals surface area contributed by atoms with Crippen molar-refractivity contribution in [2.45, 2.75) is 31.3 Å². The summed E-state index contributed by atoms with van der Waals surface area (Å²) in [5.41, 5.74) is 2.49. The van der Waals surface area contributed by atoms with Crippen molar-refractivity contribution in [2.24, 2.45) is 0 Å². The predicted molar refractivity (Wildman–Crippen MR) is 164 cm³/mol. The van der Waals surface area contributed by atoms with E-state index >= 15 is 0 Å². The number of rotatable bonds is 9. The van der Waals surface area contributed by atoms with Gasteiger partial charge in [0.15, 0.2) is 0 Å². The number of nitrogens with zero attached hydrogens (tertiary/aromatic N) is 2. The molecule has 10 heteroatoms. The van der Waals surface area contributed by atoms with Gasteiger partial charge in [-0.15, -0.1) is 0 Å². The molecule has 41 heavy (non-hydrogen) atoms. The first-order valence-corrected chi connectivity index (χ1v) is 15.2. The highest BCUT2D eigenvalue weighted by Crippen LogP contribution is 2.31. The van der Waals surface area contributed by atoms with Gasteiger partial charge in [0.25, 0.3) is 15.9 Å². The molecule has 0 aliphatic carbocycles. The third-order valence-corrected chi connectivity index (χ3v) is 9.31. The normalized spacial score (nSPS) is 11.5. The molecule has 5 aromatic rings. The number of anilines is 2. The summed E-state index contributed by atoms with van der Waals surface area (Å²) in [5, 5.41) is 2.89. The van der Waals surface area contributed by atoms with Crippen molar-refractivity contribution in [2.75, 3.05) is 16.7 Å². The fourth-order valence-corrected chi connectivity index (χ4v) is 7.13. The van der Waals surface area contributed by atoms with Crippen molar-refractivity contribution in [1.82, 2.24) is 4.57 Å². The summed E-state index contributed by atoms with van der Waals surface area (Å²) in [5.74, 6) is 0.0580. The molecule has 0 saturated heterocycles. The maximum Gasteiger partial charge on any atom is 0.308 e. The number of carbonyl (C=O) groups is 1. The molecule has 0 radical (unpaired) electrons. The Balaban J connectivity index is 1.54. The van der Waals surface area contributed by atoms with Crippen LogP contribution < -0.4 is 19.2 Å². The minimum Gasteiger partial charge on any atom is -0.497 e. The Morgan fingerprint density at radius 3 is 2.32 bits per heavy atom. The van der Waals surface area contributed by atoms with E-state index in [2.05, 4.69) is 5.32 Å². The molecule has 0 aliphatic heterocycles. The number of sulfonamides is 1. The number of hydrogen-bond acceptors (Lipinski definition) is 6. The first-order valence-electron chi connectivity index (χ1n) is 12.9. The van der Waals surface area contributed by atoms with E-state index in [-0.39, 0.29) is 33.6 Å². The lowest BCUT2D eigenvalue weighted by Gasteiger charge is -2.26. The van der Waals surface area contributed by atoms with Gasteiger partial charge in [-0.05, 0) is 74.0 Å². The Hall–Kier alpha value is -4.41. The standard InChI is InChI=1S/C31H29N3O5S2/c1-21(2)34-28-18-13-23(19-29(28)40-31(34)36)32-30(35)26-11-7-8-12-27(26)33(20-22-9-5-4-6-10-22)41(37,38)25-16-14-24(39-3)15-17-25/h4-19,21H,20H2,1-3H3,(H,32,35). The van der Waals surface area contributed by atoms with Crippen LogP contribution in [0.15, 0.2) is 107 Å². The average molecular weight is 588 g/mol. The maximum absolute atomic E-state index is 14.0. The van der Waals surface area contributed by atoms with Gasteiger partial charge in [0, 0.05) is 11.7 Å². The van der Waals surface area contributed by atoms with Crippen LogP contribution in [0.2, 0.25) is 0 Å². The number of hydrogen-bond donors (Lipinski definition) is 1. The van der Waals surface area contributed by atoms with E-state index in [0.717, 1.165) is 27.1 Å². The topological polar surface area (TPSA) is 97.7 Å². The van der Waals surface area contributed by atoms with E-state index in [1.165, 1.54) is 23.5 Å². The van der Waals surface area contributed by atoms with E-state index < -0.39 is 15.9 Å². The van der Waals surface area contributed by atoms with Gasteiger partial charge in [-0.25, -0.2) is 8.42 Å². The monoisotopic (exact) mass is 587 g/mol. The number of para-hydroxylation sites is 1. The summed E-state index contributed by atoms with van der Waals surface area (Å²) in [6.07, 6.45) is 0. The van der Waals surface area contributed by atoms with Gasteiger partial charge in [-0.1, -0.05) is 53.8 Å². The molecule has 8 nitrogen and oxygen atoms in total. The first kappa shape index (κ1) is 28.1.